The minimum absolute atomic E-state index is 0.0262. The van der Waals surface area contributed by atoms with Crippen LogP contribution in [-0.2, 0) is 20.8 Å². The van der Waals surface area contributed by atoms with Gasteiger partial charge < -0.3 is 28.7 Å². The molecule has 0 bridgehead atoms. The Balaban J connectivity index is 1.27. The van der Waals surface area contributed by atoms with Gasteiger partial charge in [0.15, 0.2) is 6.10 Å². The molecule has 2 saturated heterocycles. The molecule has 0 spiro atoms. The van der Waals surface area contributed by atoms with Crippen molar-refractivity contribution in [1.82, 2.24) is 5.32 Å². The summed E-state index contributed by atoms with van der Waals surface area (Å²) in [4.78, 5) is 12.2. The van der Waals surface area contributed by atoms with E-state index in [1.54, 1.807) is 37.6 Å². The lowest BCUT2D eigenvalue weighted by Gasteiger charge is -2.17. The summed E-state index contributed by atoms with van der Waals surface area (Å²) in [7, 11) is 1.59. The quantitative estimate of drug-likeness (QED) is 0.801. The first-order valence-electron chi connectivity index (χ1n) is 8.83. The molecule has 144 valence electrons. The highest BCUT2D eigenvalue weighted by molar-refractivity contribution is 5.84. The Morgan fingerprint density at radius 1 is 1.15 bits per heavy atom. The van der Waals surface area contributed by atoms with Crippen LogP contribution in [-0.4, -0.2) is 50.8 Å². The highest BCUT2D eigenvalue weighted by Gasteiger charge is 2.49. The number of ether oxygens (including phenoxy) is 4. The van der Waals surface area contributed by atoms with E-state index in [0.29, 0.717) is 31.2 Å². The molecule has 1 aromatic heterocycles. The van der Waals surface area contributed by atoms with Crippen molar-refractivity contribution in [1.29, 1.82) is 0 Å². The molecule has 1 amide bonds. The summed E-state index contributed by atoms with van der Waals surface area (Å²) in [5.74, 6) is 1.57. The van der Waals surface area contributed by atoms with Crippen LogP contribution in [0.25, 0.3) is 0 Å². The summed E-state index contributed by atoms with van der Waals surface area (Å²) < 4.78 is 27.5. The van der Waals surface area contributed by atoms with Crippen molar-refractivity contribution in [3.8, 4) is 5.75 Å². The second-order valence-corrected chi connectivity index (χ2v) is 6.46. The summed E-state index contributed by atoms with van der Waals surface area (Å²) in [5.41, 5.74) is 0.626. The van der Waals surface area contributed by atoms with Crippen molar-refractivity contribution in [2.45, 2.75) is 30.9 Å². The molecule has 8 nitrogen and oxygen atoms in total. The van der Waals surface area contributed by atoms with Gasteiger partial charge in [0.1, 0.15) is 23.7 Å². The van der Waals surface area contributed by atoms with Crippen LogP contribution >= 0.6 is 0 Å². The largest absolute Gasteiger partial charge is 0.497 e. The number of furan rings is 1. The zero-order valence-electron chi connectivity index (χ0n) is 14.9. The Labute approximate surface area is 156 Å². The number of carbonyl (C=O) groups is 1. The van der Waals surface area contributed by atoms with Crippen molar-refractivity contribution in [2.75, 3.05) is 25.6 Å². The highest BCUT2D eigenvalue weighted by atomic mass is 16.6. The van der Waals surface area contributed by atoms with Crippen LogP contribution in [0, 0.1) is 0 Å². The number of hydrogen-bond acceptors (Lipinski definition) is 7. The third-order valence-corrected chi connectivity index (χ3v) is 4.72. The molecule has 2 aliphatic rings. The van der Waals surface area contributed by atoms with E-state index < -0.39 is 12.2 Å². The van der Waals surface area contributed by atoms with Gasteiger partial charge in [0.25, 0.3) is 0 Å². The zero-order chi connectivity index (χ0) is 18.6. The minimum atomic E-state index is -0.537. The first kappa shape index (κ1) is 17.8. The molecule has 27 heavy (non-hydrogen) atoms. The van der Waals surface area contributed by atoms with Gasteiger partial charge in [-0.2, -0.15) is 0 Å². The molecule has 2 fully saturated rings. The van der Waals surface area contributed by atoms with E-state index in [-0.39, 0.29) is 18.2 Å². The highest BCUT2D eigenvalue weighted by Crippen LogP contribution is 2.29. The summed E-state index contributed by atoms with van der Waals surface area (Å²) in [6, 6.07) is 10.8. The second kappa shape index (κ2) is 7.99. The van der Waals surface area contributed by atoms with Gasteiger partial charge in [0.05, 0.1) is 39.2 Å². The van der Waals surface area contributed by atoms with Crippen molar-refractivity contribution in [3.63, 3.8) is 0 Å². The third kappa shape index (κ3) is 4.08. The van der Waals surface area contributed by atoms with Crippen LogP contribution < -0.4 is 15.4 Å². The molecule has 0 aliphatic carbocycles. The lowest BCUT2D eigenvalue weighted by molar-refractivity contribution is 0.00852. The molecule has 1 aromatic carbocycles. The first-order valence-corrected chi connectivity index (χ1v) is 8.83. The van der Waals surface area contributed by atoms with Gasteiger partial charge in [0, 0.05) is 5.69 Å². The number of nitrogens with one attached hydrogen (secondary N) is 2. The monoisotopic (exact) mass is 374 g/mol. The molecule has 2 aromatic rings. The molecule has 8 heteroatoms. The Bertz CT molecular complexity index is 748. The van der Waals surface area contributed by atoms with Gasteiger partial charge in [-0.1, -0.05) is 0 Å². The number of anilines is 1. The maximum atomic E-state index is 12.2. The lowest BCUT2D eigenvalue weighted by atomic mass is 10.1. The molecule has 0 saturated carbocycles. The average Bonchev–Trinajstić information content (AvgIpc) is 3.40. The van der Waals surface area contributed by atoms with Crippen molar-refractivity contribution in [3.05, 3.63) is 48.4 Å². The number of hydrogen-bond donors (Lipinski definition) is 2. The van der Waals surface area contributed by atoms with Gasteiger partial charge in [-0.15, -0.1) is 0 Å². The van der Waals surface area contributed by atoms with Crippen LogP contribution in [0.4, 0.5) is 10.5 Å². The third-order valence-electron chi connectivity index (χ3n) is 4.72. The van der Waals surface area contributed by atoms with Gasteiger partial charge in [0.2, 0.25) is 0 Å². The Morgan fingerprint density at radius 3 is 2.70 bits per heavy atom. The molecule has 4 rings (SSSR count). The summed E-state index contributed by atoms with van der Waals surface area (Å²) in [6.45, 7) is 1.40. The SMILES string of the molecule is COc1ccc(NC(=O)O[C@H]2CO[C@@H]3[C@@H]2OC[C@@H]3NCc2ccco2)cc1. The van der Waals surface area contributed by atoms with Gasteiger partial charge in [-0.3, -0.25) is 5.32 Å². The minimum Gasteiger partial charge on any atom is -0.497 e. The van der Waals surface area contributed by atoms with E-state index in [4.69, 9.17) is 23.4 Å². The van der Waals surface area contributed by atoms with Crippen molar-refractivity contribution in [2.24, 2.45) is 0 Å². The fourth-order valence-electron chi connectivity index (χ4n) is 3.34. The molecule has 2 N–H and O–H groups in total. The maximum absolute atomic E-state index is 12.2. The lowest BCUT2D eigenvalue weighted by Crippen LogP contribution is -2.41. The standard InChI is InChI=1S/C19H22N2O6/c1-23-13-6-4-12(5-7-13)21-19(22)27-16-11-26-17-15(10-25-18(16)17)20-9-14-3-2-8-24-14/h2-8,15-18,20H,9-11H2,1H3,(H,21,22)/t15-,16-,17-,18+/m0/s1. The number of amides is 1. The van der Waals surface area contributed by atoms with E-state index in [1.807, 2.05) is 12.1 Å². The van der Waals surface area contributed by atoms with Crippen LogP contribution in [0.3, 0.4) is 0 Å². The van der Waals surface area contributed by atoms with E-state index in [9.17, 15) is 4.79 Å². The van der Waals surface area contributed by atoms with Gasteiger partial charge in [-0.25, -0.2) is 4.79 Å². The molecular weight excluding hydrogens is 352 g/mol. The predicted molar refractivity (Wildman–Crippen MR) is 95.7 cm³/mol. The van der Waals surface area contributed by atoms with Crippen LogP contribution in [0.2, 0.25) is 0 Å². The van der Waals surface area contributed by atoms with Crippen LogP contribution in [0.1, 0.15) is 5.76 Å². The van der Waals surface area contributed by atoms with E-state index >= 15 is 0 Å². The molecule has 0 unspecified atom stereocenters. The van der Waals surface area contributed by atoms with Crippen LogP contribution in [0.5, 0.6) is 5.75 Å². The molecule has 4 atom stereocenters. The molecule has 0 radical (unpaired) electrons. The van der Waals surface area contributed by atoms with Crippen molar-refractivity contribution >= 4 is 11.8 Å². The van der Waals surface area contributed by atoms with E-state index in [2.05, 4.69) is 10.6 Å². The number of carbonyl (C=O) groups excluding carboxylic acids is 1. The molecular formula is C19H22N2O6. The summed E-state index contributed by atoms with van der Waals surface area (Å²) >= 11 is 0. The Kier molecular flexibility index (Phi) is 5.28. The second-order valence-electron chi connectivity index (χ2n) is 6.46. The van der Waals surface area contributed by atoms with Gasteiger partial charge >= 0.3 is 6.09 Å². The van der Waals surface area contributed by atoms with E-state index in [1.165, 1.54) is 0 Å². The average molecular weight is 374 g/mol. The van der Waals surface area contributed by atoms with Crippen molar-refractivity contribution < 1.29 is 28.2 Å². The predicted octanol–water partition coefficient (Wildman–Crippen LogP) is 2.16. The normalized spacial score (nSPS) is 26.6. The van der Waals surface area contributed by atoms with Crippen LogP contribution in [0.15, 0.2) is 47.1 Å². The molecule has 2 aliphatic heterocycles. The number of methoxy groups -OCH3 is 1. The maximum Gasteiger partial charge on any atom is 0.412 e. The molecule has 3 heterocycles. The first-order chi connectivity index (χ1) is 13.2. The van der Waals surface area contributed by atoms with E-state index in [0.717, 1.165) is 5.76 Å². The number of benzene rings is 1. The van der Waals surface area contributed by atoms with Gasteiger partial charge in [-0.05, 0) is 36.4 Å². The smallest absolute Gasteiger partial charge is 0.412 e. The fourth-order valence-corrected chi connectivity index (χ4v) is 3.34. The fraction of sp³-hybridized carbons (Fsp3) is 0.421. The Hall–Kier alpha value is -2.55. The number of fused-ring (bicyclic) bond motifs is 1. The summed E-state index contributed by atoms with van der Waals surface area (Å²) in [5, 5.41) is 6.07. The number of rotatable bonds is 6. The zero-order valence-corrected chi connectivity index (χ0v) is 14.9. The summed E-state index contributed by atoms with van der Waals surface area (Å²) in [6.07, 6.45) is 0.232. The Morgan fingerprint density at radius 2 is 1.96 bits per heavy atom. The topological polar surface area (TPSA) is 91.2 Å².